The number of Topliss-reactive ketones (excluding diaryl/α,β-unsaturated/α-hetero) is 1. The number of halogens is 4. The van der Waals surface area contributed by atoms with E-state index < -0.39 is 47.9 Å². The maximum Gasteiger partial charge on any atom is 0.345 e. The number of esters is 1. The van der Waals surface area contributed by atoms with Crippen molar-refractivity contribution < 1.29 is 28.7 Å². The second-order valence-electron chi connectivity index (χ2n) is 10.1. The number of rotatable bonds is 7. The van der Waals surface area contributed by atoms with Crippen molar-refractivity contribution in [2.24, 2.45) is 17.8 Å². The Hall–Kier alpha value is -3.69. The van der Waals surface area contributed by atoms with Gasteiger partial charge in [-0.15, -0.1) is 0 Å². The molecule has 1 fully saturated rings. The third kappa shape index (κ3) is 6.19. The molecule has 0 saturated carbocycles. The number of hydrazine groups is 1. The van der Waals surface area contributed by atoms with Gasteiger partial charge >= 0.3 is 5.97 Å². The lowest BCUT2D eigenvalue weighted by molar-refractivity contribution is -0.154. The number of imide groups is 1. The fraction of sp³-hybridized carbons (Fsp3) is 0.194. The van der Waals surface area contributed by atoms with Gasteiger partial charge in [-0.3, -0.25) is 19.2 Å². The molecule has 2 aliphatic rings. The molecule has 0 aromatic heterocycles. The van der Waals surface area contributed by atoms with Crippen LogP contribution < -0.4 is 4.74 Å². The quantitative estimate of drug-likeness (QED) is 0.0894. The number of benzene rings is 3. The van der Waals surface area contributed by atoms with Crippen LogP contribution in [0.3, 0.4) is 0 Å². The Morgan fingerprint density at radius 1 is 0.860 bits per heavy atom. The van der Waals surface area contributed by atoms with Gasteiger partial charge in [-0.1, -0.05) is 65.5 Å². The number of nitrogens with zero attached hydrogens (tertiary/aromatic N) is 2. The average molecular weight is 660 g/mol. The summed E-state index contributed by atoms with van der Waals surface area (Å²) in [6.45, 7) is 1.20. The van der Waals surface area contributed by atoms with Gasteiger partial charge in [0.15, 0.2) is 5.78 Å². The highest BCUT2D eigenvalue weighted by Crippen LogP contribution is 2.39. The van der Waals surface area contributed by atoms with E-state index in [-0.39, 0.29) is 43.4 Å². The Kier molecular flexibility index (Phi) is 8.94. The minimum absolute atomic E-state index is 0.0342. The molecule has 0 N–H and O–H groups in total. The van der Waals surface area contributed by atoms with E-state index in [9.17, 15) is 24.0 Å². The van der Waals surface area contributed by atoms with Crippen molar-refractivity contribution in [3.8, 4) is 5.75 Å². The molecular weight excluding hydrogens is 638 g/mol. The molecule has 3 amide bonds. The Balaban J connectivity index is 1.39. The van der Waals surface area contributed by atoms with E-state index in [1.165, 1.54) is 60.7 Å². The molecule has 43 heavy (non-hydrogen) atoms. The van der Waals surface area contributed by atoms with Gasteiger partial charge in [0.25, 0.3) is 17.7 Å². The van der Waals surface area contributed by atoms with Gasteiger partial charge in [0, 0.05) is 16.1 Å². The summed E-state index contributed by atoms with van der Waals surface area (Å²) < 4.78 is 5.36. The number of carbonyl (C=O) groups is 5. The first-order chi connectivity index (χ1) is 20.5. The van der Waals surface area contributed by atoms with Crippen molar-refractivity contribution in [2.75, 3.05) is 6.54 Å². The summed E-state index contributed by atoms with van der Waals surface area (Å²) in [5, 5.41) is 2.42. The van der Waals surface area contributed by atoms with Crippen LogP contribution in [0.1, 0.15) is 44.4 Å². The molecule has 0 bridgehead atoms. The highest BCUT2D eigenvalue weighted by molar-refractivity contribution is 6.42. The Labute approximate surface area is 266 Å². The molecular formula is C31H22Cl4N2O6. The lowest BCUT2D eigenvalue weighted by atomic mass is 9.78. The second kappa shape index (κ2) is 12.5. The zero-order valence-electron chi connectivity index (χ0n) is 22.4. The third-order valence-electron chi connectivity index (χ3n) is 7.32. The molecule has 1 heterocycles. The molecule has 3 aromatic carbocycles. The molecule has 12 heteroatoms. The van der Waals surface area contributed by atoms with E-state index in [0.717, 1.165) is 10.0 Å². The molecule has 1 saturated heterocycles. The summed E-state index contributed by atoms with van der Waals surface area (Å²) in [6, 6.07) is 14.0. The lowest BCUT2D eigenvalue weighted by Crippen LogP contribution is -2.52. The molecule has 0 unspecified atom stereocenters. The summed E-state index contributed by atoms with van der Waals surface area (Å²) in [4.78, 5) is 66.7. The molecule has 1 aliphatic carbocycles. The van der Waals surface area contributed by atoms with Gasteiger partial charge in [-0.05, 0) is 73.0 Å². The van der Waals surface area contributed by atoms with Crippen LogP contribution in [0.2, 0.25) is 20.1 Å². The first-order valence-corrected chi connectivity index (χ1v) is 14.6. The van der Waals surface area contributed by atoms with Crippen molar-refractivity contribution in [1.82, 2.24) is 10.0 Å². The van der Waals surface area contributed by atoms with Crippen molar-refractivity contribution in [3.63, 3.8) is 0 Å². The van der Waals surface area contributed by atoms with Gasteiger partial charge in [-0.2, -0.15) is 5.01 Å². The number of hydrogen-bond acceptors (Lipinski definition) is 6. The van der Waals surface area contributed by atoms with Crippen molar-refractivity contribution in [3.05, 3.63) is 110 Å². The number of amides is 3. The zero-order valence-corrected chi connectivity index (χ0v) is 25.5. The van der Waals surface area contributed by atoms with E-state index in [1.54, 1.807) is 0 Å². The van der Waals surface area contributed by atoms with Crippen LogP contribution in [-0.2, 0) is 9.59 Å². The van der Waals surface area contributed by atoms with Gasteiger partial charge < -0.3 is 4.74 Å². The van der Waals surface area contributed by atoms with Crippen LogP contribution >= 0.6 is 46.4 Å². The van der Waals surface area contributed by atoms with Crippen LogP contribution in [-0.4, -0.2) is 46.0 Å². The van der Waals surface area contributed by atoms with E-state index in [1.807, 2.05) is 19.1 Å². The van der Waals surface area contributed by atoms with Crippen LogP contribution in [0.15, 0.2) is 72.8 Å². The highest BCUT2D eigenvalue weighted by Gasteiger charge is 2.53. The molecule has 1 aliphatic heterocycles. The predicted molar refractivity (Wildman–Crippen MR) is 161 cm³/mol. The minimum Gasteiger partial charge on any atom is -0.423 e. The number of fused-ring (bicyclic) bond motifs is 1. The smallest absolute Gasteiger partial charge is 0.345 e. The topological polar surface area (TPSA) is 101 Å². The standard InChI is InChI=1S/C31H22Cl4N2O6/c1-16-3-2-4-22-27(16)30(41)37(29(22)40)36(28(39)18-7-12-23(33)25(35)13-18)15-26(38)17-5-9-20(10-6-17)43-31(42)21-11-8-19(32)14-24(21)34/h2-3,5-14,16,22,27H,4,15H2,1H3/t16-,22+,27-/m1/s1. The third-order valence-corrected chi connectivity index (χ3v) is 8.61. The first kappa shape index (κ1) is 30.8. The molecule has 5 rings (SSSR count). The molecule has 0 radical (unpaired) electrons. The van der Waals surface area contributed by atoms with E-state index in [4.69, 9.17) is 51.1 Å². The summed E-state index contributed by atoms with van der Waals surface area (Å²) >= 11 is 24.1. The number of allylic oxidation sites excluding steroid dienone is 2. The van der Waals surface area contributed by atoms with E-state index >= 15 is 0 Å². The largest absolute Gasteiger partial charge is 0.423 e. The fourth-order valence-electron chi connectivity index (χ4n) is 5.13. The molecule has 0 spiro atoms. The lowest BCUT2D eigenvalue weighted by Gasteiger charge is -2.30. The minimum atomic E-state index is -0.779. The van der Waals surface area contributed by atoms with Gasteiger partial charge in [0.2, 0.25) is 0 Å². The zero-order chi connectivity index (χ0) is 31.0. The maximum atomic E-state index is 13.7. The summed E-state index contributed by atoms with van der Waals surface area (Å²) in [5.74, 6) is -4.59. The van der Waals surface area contributed by atoms with Crippen molar-refractivity contribution in [2.45, 2.75) is 13.3 Å². The maximum absolute atomic E-state index is 13.7. The fourth-order valence-corrected chi connectivity index (χ4v) is 5.92. The van der Waals surface area contributed by atoms with E-state index in [0.29, 0.717) is 11.4 Å². The molecule has 3 aromatic rings. The SMILES string of the molecule is C[C@@H]1C=CC[C@@H]2C(=O)N(N(CC(=O)c3ccc(OC(=O)c4ccc(Cl)cc4Cl)cc3)C(=O)c3ccc(Cl)c(Cl)c3)C(=O)[C@H]12. The van der Waals surface area contributed by atoms with Crippen LogP contribution in [0.25, 0.3) is 0 Å². The number of carbonyl (C=O) groups excluding carboxylic acids is 5. The highest BCUT2D eigenvalue weighted by atomic mass is 35.5. The summed E-state index contributed by atoms with van der Waals surface area (Å²) in [6.07, 6.45) is 4.05. The Bertz CT molecular complexity index is 1690. The van der Waals surface area contributed by atoms with Crippen molar-refractivity contribution >= 4 is 75.9 Å². The predicted octanol–water partition coefficient (Wildman–Crippen LogP) is 6.96. The van der Waals surface area contributed by atoms with Gasteiger partial charge in [0.1, 0.15) is 12.3 Å². The second-order valence-corrected chi connectivity index (χ2v) is 11.8. The normalized spacial score (nSPS) is 19.3. The van der Waals surface area contributed by atoms with E-state index in [2.05, 4.69) is 0 Å². The molecule has 8 nitrogen and oxygen atoms in total. The number of hydrogen-bond donors (Lipinski definition) is 0. The first-order valence-electron chi connectivity index (χ1n) is 13.1. The van der Waals surface area contributed by atoms with Gasteiger partial charge in [-0.25, -0.2) is 9.80 Å². The van der Waals surface area contributed by atoms with Crippen LogP contribution in [0.4, 0.5) is 0 Å². The monoisotopic (exact) mass is 658 g/mol. The Morgan fingerprint density at radius 3 is 2.21 bits per heavy atom. The number of ketones is 1. The Morgan fingerprint density at radius 2 is 1.56 bits per heavy atom. The van der Waals surface area contributed by atoms with Crippen molar-refractivity contribution in [1.29, 1.82) is 0 Å². The summed E-state index contributed by atoms with van der Waals surface area (Å²) in [5.41, 5.74) is 0.280. The molecule has 3 atom stereocenters. The molecule has 220 valence electrons. The average Bonchev–Trinajstić information content (AvgIpc) is 3.23. The summed E-state index contributed by atoms with van der Waals surface area (Å²) in [7, 11) is 0. The van der Waals surface area contributed by atoms with Gasteiger partial charge in [0.05, 0.1) is 32.5 Å². The van der Waals surface area contributed by atoms with Crippen LogP contribution in [0, 0.1) is 17.8 Å². The number of ether oxygens (including phenoxy) is 1. The van der Waals surface area contributed by atoms with Crippen LogP contribution in [0.5, 0.6) is 5.75 Å².